The Morgan fingerprint density at radius 3 is 2.53 bits per heavy atom. The highest BCUT2D eigenvalue weighted by molar-refractivity contribution is 5.89. The maximum Gasteiger partial charge on any atom is 0.335 e. The molecule has 0 aromatic heterocycles. The zero-order chi connectivity index (χ0) is 11.3. The zero-order valence-electron chi connectivity index (χ0n) is 8.97. The molecule has 1 aromatic rings. The van der Waals surface area contributed by atoms with Crippen molar-refractivity contribution < 1.29 is 9.90 Å². The highest BCUT2D eigenvalue weighted by atomic mass is 16.4. The van der Waals surface area contributed by atoms with Crippen molar-refractivity contribution in [2.24, 2.45) is 4.99 Å². The minimum absolute atomic E-state index is 0.302. The fraction of sp³-hybridized carbons (Fsp3) is 0.333. The van der Waals surface area contributed by atoms with Crippen molar-refractivity contribution in [2.75, 3.05) is 0 Å². The van der Waals surface area contributed by atoms with Crippen LogP contribution in [0.3, 0.4) is 0 Å². The molecule has 1 rings (SSSR count). The Kier molecular flexibility index (Phi) is 4.03. The summed E-state index contributed by atoms with van der Waals surface area (Å²) in [5, 5.41) is 8.70. The second-order valence-corrected chi connectivity index (χ2v) is 3.46. The van der Waals surface area contributed by atoms with Crippen molar-refractivity contribution in [3.05, 3.63) is 35.4 Å². The van der Waals surface area contributed by atoms with E-state index in [0.29, 0.717) is 11.6 Å². The van der Waals surface area contributed by atoms with Gasteiger partial charge in [0, 0.05) is 12.3 Å². The largest absolute Gasteiger partial charge is 0.478 e. The fourth-order valence-electron chi connectivity index (χ4n) is 1.03. The SMILES string of the molecule is CCC(C)/N=C/c1ccc(C(=O)O)cc1. The van der Waals surface area contributed by atoms with E-state index in [9.17, 15) is 4.79 Å². The van der Waals surface area contributed by atoms with Gasteiger partial charge < -0.3 is 5.11 Å². The van der Waals surface area contributed by atoms with Crippen LogP contribution < -0.4 is 0 Å². The van der Waals surface area contributed by atoms with Crippen LogP contribution in [-0.2, 0) is 0 Å². The molecule has 0 saturated carbocycles. The summed E-state index contributed by atoms with van der Waals surface area (Å²) in [6, 6.07) is 7.00. The maximum absolute atomic E-state index is 10.6. The lowest BCUT2D eigenvalue weighted by molar-refractivity contribution is 0.0697. The molecule has 0 fully saturated rings. The van der Waals surface area contributed by atoms with E-state index in [-0.39, 0.29) is 0 Å². The molecule has 1 aromatic carbocycles. The summed E-state index contributed by atoms with van der Waals surface area (Å²) >= 11 is 0. The van der Waals surface area contributed by atoms with Gasteiger partial charge in [0.15, 0.2) is 0 Å². The van der Waals surface area contributed by atoms with E-state index < -0.39 is 5.97 Å². The Bertz CT molecular complexity index is 354. The van der Waals surface area contributed by atoms with E-state index in [4.69, 9.17) is 5.11 Å². The highest BCUT2D eigenvalue weighted by Gasteiger charge is 2.00. The maximum atomic E-state index is 10.6. The molecule has 1 atom stereocenters. The number of nitrogens with zero attached hydrogens (tertiary/aromatic N) is 1. The summed E-state index contributed by atoms with van der Waals surface area (Å²) in [6.07, 6.45) is 2.78. The molecule has 0 aliphatic carbocycles. The molecular formula is C12H15NO2. The number of carbonyl (C=O) groups is 1. The second-order valence-electron chi connectivity index (χ2n) is 3.46. The van der Waals surface area contributed by atoms with Crippen molar-refractivity contribution in [3.63, 3.8) is 0 Å². The van der Waals surface area contributed by atoms with Crippen LogP contribution in [0.25, 0.3) is 0 Å². The average Bonchev–Trinajstić information content (AvgIpc) is 2.26. The predicted octanol–water partition coefficient (Wildman–Crippen LogP) is 2.60. The molecule has 1 N–H and O–H groups in total. The molecular weight excluding hydrogens is 190 g/mol. The first kappa shape index (κ1) is 11.4. The van der Waals surface area contributed by atoms with Crippen LogP contribution in [0.15, 0.2) is 29.3 Å². The van der Waals surface area contributed by atoms with E-state index >= 15 is 0 Å². The average molecular weight is 205 g/mol. The molecule has 0 spiro atoms. The summed E-state index contributed by atoms with van der Waals surface area (Å²) in [5.74, 6) is -0.902. The van der Waals surface area contributed by atoms with Gasteiger partial charge in [-0.3, -0.25) is 4.99 Å². The molecule has 0 amide bonds. The molecule has 0 radical (unpaired) electrons. The summed E-state index contributed by atoms with van der Waals surface area (Å²) in [5.41, 5.74) is 1.23. The third-order valence-corrected chi connectivity index (χ3v) is 2.23. The number of hydrogen-bond acceptors (Lipinski definition) is 2. The number of benzene rings is 1. The number of aromatic carboxylic acids is 1. The second kappa shape index (κ2) is 5.29. The van der Waals surface area contributed by atoms with Crippen LogP contribution in [0, 0.1) is 0 Å². The van der Waals surface area contributed by atoms with Crippen LogP contribution >= 0.6 is 0 Å². The fourth-order valence-corrected chi connectivity index (χ4v) is 1.03. The Hall–Kier alpha value is -1.64. The lowest BCUT2D eigenvalue weighted by Crippen LogP contribution is -1.97. The number of carboxylic acids is 1. The van der Waals surface area contributed by atoms with Crippen molar-refractivity contribution in [2.45, 2.75) is 26.3 Å². The lowest BCUT2D eigenvalue weighted by atomic mass is 10.1. The van der Waals surface area contributed by atoms with E-state index in [1.54, 1.807) is 30.5 Å². The molecule has 0 aliphatic heterocycles. The molecule has 0 bridgehead atoms. The third-order valence-electron chi connectivity index (χ3n) is 2.23. The van der Waals surface area contributed by atoms with E-state index in [0.717, 1.165) is 12.0 Å². The Labute approximate surface area is 89.5 Å². The van der Waals surface area contributed by atoms with Gasteiger partial charge in [-0.25, -0.2) is 4.79 Å². The van der Waals surface area contributed by atoms with Gasteiger partial charge in [0.2, 0.25) is 0 Å². The van der Waals surface area contributed by atoms with Gasteiger partial charge in [0.05, 0.1) is 5.56 Å². The molecule has 0 saturated heterocycles. The minimum atomic E-state index is -0.902. The van der Waals surface area contributed by atoms with E-state index in [1.807, 2.05) is 6.92 Å². The highest BCUT2D eigenvalue weighted by Crippen LogP contribution is 2.03. The quantitative estimate of drug-likeness (QED) is 0.768. The van der Waals surface area contributed by atoms with E-state index in [2.05, 4.69) is 11.9 Å². The number of rotatable bonds is 4. The van der Waals surface area contributed by atoms with Crippen molar-refractivity contribution in [1.82, 2.24) is 0 Å². The Morgan fingerprint density at radius 1 is 1.47 bits per heavy atom. The molecule has 0 aliphatic rings. The van der Waals surface area contributed by atoms with Crippen LogP contribution in [0.1, 0.15) is 36.2 Å². The molecule has 80 valence electrons. The summed E-state index contributed by atoms with van der Waals surface area (Å²) in [6.45, 7) is 4.12. The first-order valence-corrected chi connectivity index (χ1v) is 5.00. The summed E-state index contributed by atoms with van der Waals surface area (Å²) in [7, 11) is 0. The van der Waals surface area contributed by atoms with Crippen molar-refractivity contribution in [1.29, 1.82) is 0 Å². The van der Waals surface area contributed by atoms with Crippen molar-refractivity contribution >= 4 is 12.2 Å². The van der Waals surface area contributed by atoms with Gasteiger partial charge in [0.25, 0.3) is 0 Å². The van der Waals surface area contributed by atoms with Crippen molar-refractivity contribution in [3.8, 4) is 0 Å². The minimum Gasteiger partial charge on any atom is -0.478 e. The Balaban J connectivity index is 2.72. The number of hydrogen-bond donors (Lipinski definition) is 1. The topological polar surface area (TPSA) is 49.7 Å². The molecule has 3 nitrogen and oxygen atoms in total. The van der Waals surface area contributed by atoms with Gasteiger partial charge in [-0.05, 0) is 31.0 Å². The standard InChI is InChI=1S/C12H15NO2/c1-3-9(2)13-8-10-4-6-11(7-5-10)12(14)15/h4-9H,3H2,1-2H3,(H,14,15)/b13-8+. The van der Waals surface area contributed by atoms with Crippen LogP contribution in [-0.4, -0.2) is 23.3 Å². The van der Waals surface area contributed by atoms with Crippen LogP contribution in [0.4, 0.5) is 0 Å². The third kappa shape index (κ3) is 3.54. The smallest absolute Gasteiger partial charge is 0.335 e. The van der Waals surface area contributed by atoms with Gasteiger partial charge in [-0.15, -0.1) is 0 Å². The number of carboxylic acid groups (broad SMARTS) is 1. The van der Waals surface area contributed by atoms with Gasteiger partial charge >= 0.3 is 5.97 Å². The first-order valence-electron chi connectivity index (χ1n) is 5.00. The molecule has 15 heavy (non-hydrogen) atoms. The molecule has 1 unspecified atom stereocenters. The normalized spacial score (nSPS) is 12.9. The Morgan fingerprint density at radius 2 is 2.07 bits per heavy atom. The summed E-state index contributed by atoms with van der Waals surface area (Å²) in [4.78, 5) is 14.9. The number of aliphatic imine (C=N–C) groups is 1. The predicted molar refractivity (Wildman–Crippen MR) is 60.7 cm³/mol. The van der Waals surface area contributed by atoms with Gasteiger partial charge in [-0.1, -0.05) is 19.1 Å². The van der Waals surface area contributed by atoms with Crippen LogP contribution in [0.5, 0.6) is 0 Å². The monoisotopic (exact) mass is 205 g/mol. The van der Waals surface area contributed by atoms with Gasteiger partial charge in [0.1, 0.15) is 0 Å². The van der Waals surface area contributed by atoms with Gasteiger partial charge in [-0.2, -0.15) is 0 Å². The van der Waals surface area contributed by atoms with Crippen LogP contribution in [0.2, 0.25) is 0 Å². The lowest BCUT2D eigenvalue weighted by Gasteiger charge is -2.00. The summed E-state index contributed by atoms with van der Waals surface area (Å²) < 4.78 is 0. The zero-order valence-corrected chi connectivity index (χ0v) is 8.97. The van der Waals surface area contributed by atoms with E-state index in [1.165, 1.54) is 0 Å². The first-order chi connectivity index (χ1) is 7.13. The molecule has 3 heteroatoms. The molecule has 0 heterocycles.